The molecule has 0 amide bonds. The fraction of sp³-hybridized carbons (Fsp3) is 0.100. The van der Waals surface area contributed by atoms with Crippen LogP contribution in [-0.2, 0) is 17.5 Å². The van der Waals surface area contributed by atoms with Gasteiger partial charge in [0.05, 0.1) is 12.4 Å². The molecule has 0 spiro atoms. The summed E-state index contributed by atoms with van der Waals surface area (Å²) in [6.45, 7) is -0.460. The molecule has 11 heteroatoms. The lowest BCUT2D eigenvalue weighted by atomic mass is 10.2. The zero-order chi connectivity index (χ0) is 22.0. The average Bonchev–Trinajstić information content (AvgIpc) is 3.41. The maximum atomic E-state index is 13.6. The zero-order valence-corrected chi connectivity index (χ0v) is 16.3. The van der Waals surface area contributed by atoms with E-state index in [0.717, 1.165) is 6.20 Å². The first-order chi connectivity index (χ1) is 14.8. The van der Waals surface area contributed by atoms with Crippen LogP contribution in [0.3, 0.4) is 0 Å². The summed E-state index contributed by atoms with van der Waals surface area (Å²) < 4.78 is 51.9. The first-order valence-corrected chi connectivity index (χ1v) is 9.15. The predicted octanol–water partition coefficient (Wildman–Crippen LogP) is 4.95. The Labute approximate surface area is 178 Å². The first kappa shape index (κ1) is 20.6. The molecule has 4 rings (SSSR count). The molecule has 0 saturated carbocycles. The predicted molar refractivity (Wildman–Crippen MR) is 102 cm³/mol. The van der Waals surface area contributed by atoms with Gasteiger partial charge in [-0.2, -0.15) is 18.3 Å². The van der Waals surface area contributed by atoms with E-state index in [1.807, 2.05) is 0 Å². The zero-order valence-electron chi connectivity index (χ0n) is 15.5. The third-order valence-corrected chi connectivity index (χ3v) is 4.38. The van der Waals surface area contributed by atoms with Crippen molar-refractivity contribution in [1.29, 1.82) is 0 Å². The molecule has 0 N–H and O–H groups in total. The van der Waals surface area contributed by atoms with Gasteiger partial charge in [0.15, 0.2) is 23.9 Å². The van der Waals surface area contributed by atoms with Crippen molar-refractivity contribution < 1.29 is 27.1 Å². The second-order valence-corrected chi connectivity index (χ2v) is 6.64. The number of alkyl halides is 3. The molecular weight excluding hydrogens is 437 g/mol. The van der Waals surface area contributed by atoms with Crippen molar-refractivity contribution in [3.05, 3.63) is 83.2 Å². The molecule has 0 fully saturated rings. The number of aromatic nitrogens is 4. The number of halogens is 4. The van der Waals surface area contributed by atoms with Gasteiger partial charge in [0.1, 0.15) is 5.56 Å². The van der Waals surface area contributed by atoms with Gasteiger partial charge in [-0.15, -0.1) is 0 Å². The number of nitrogens with zero attached hydrogens (tertiary/aromatic N) is 4. The van der Waals surface area contributed by atoms with E-state index in [4.69, 9.17) is 20.8 Å². The summed E-state index contributed by atoms with van der Waals surface area (Å²) in [4.78, 5) is 20.2. The van der Waals surface area contributed by atoms with E-state index >= 15 is 0 Å². The van der Waals surface area contributed by atoms with Crippen molar-refractivity contribution >= 4 is 17.6 Å². The second-order valence-electron chi connectivity index (χ2n) is 6.21. The highest BCUT2D eigenvalue weighted by Gasteiger charge is 2.41. The number of hydrogen-bond acceptors (Lipinski definition) is 6. The van der Waals surface area contributed by atoms with Crippen molar-refractivity contribution in [3.63, 3.8) is 0 Å². The van der Waals surface area contributed by atoms with E-state index in [1.54, 1.807) is 30.3 Å². The van der Waals surface area contributed by atoms with Crippen molar-refractivity contribution in [1.82, 2.24) is 19.7 Å². The van der Waals surface area contributed by atoms with Crippen molar-refractivity contribution in [3.8, 4) is 17.1 Å². The van der Waals surface area contributed by atoms with Crippen LogP contribution in [0.2, 0.25) is 5.02 Å². The van der Waals surface area contributed by atoms with Gasteiger partial charge < -0.3 is 9.15 Å². The van der Waals surface area contributed by atoms with Crippen LogP contribution in [0.5, 0.6) is 0 Å². The highest BCUT2D eigenvalue weighted by atomic mass is 35.5. The molecule has 3 heterocycles. The summed E-state index contributed by atoms with van der Waals surface area (Å²) >= 11 is 5.84. The molecule has 0 radical (unpaired) electrons. The smallest absolute Gasteiger partial charge is 0.434 e. The number of rotatable bonds is 5. The van der Waals surface area contributed by atoms with Crippen molar-refractivity contribution in [2.45, 2.75) is 12.8 Å². The largest absolute Gasteiger partial charge is 0.452 e. The SMILES string of the molecule is O=C(OCc1ncc(-c2ccc(Cl)cc2)o1)c1cnn(-c2ccccn2)c1C(F)(F)F. The number of benzene rings is 1. The quantitative estimate of drug-likeness (QED) is 0.402. The van der Waals surface area contributed by atoms with Crippen LogP contribution >= 0.6 is 11.6 Å². The molecule has 0 aliphatic rings. The van der Waals surface area contributed by atoms with Crippen LogP contribution in [0.1, 0.15) is 21.9 Å². The van der Waals surface area contributed by atoms with Gasteiger partial charge in [0.25, 0.3) is 0 Å². The Kier molecular flexibility index (Phi) is 5.47. The summed E-state index contributed by atoms with van der Waals surface area (Å²) in [5.74, 6) is -0.902. The minimum atomic E-state index is -4.87. The Morgan fingerprint density at radius 2 is 1.87 bits per heavy atom. The second kappa shape index (κ2) is 8.23. The number of ether oxygens (including phenoxy) is 1. The van der Waals surface area contributed by atoms with Crippen LogP contribution in [0.4, 0.5) is 13.2 Å². The standard InChI is InChI=1S/C20H12ClF3N4O3/c21-13-6-4-12(5-7-13)15-10-26-17(31-15)11-30-19(29)14-9-27-28(18(14)20(22,23)24)16-3-1-2-8-25-16/h1-10H,11H2. The number of carbonyl (C=O) groups excluding carboxylic acids is 1. The van der Waals surface area contributed by atoms with Crippen molar-refractivity contribution in [2.24, 2.45) is 0 Å². The lowest BCUT2D eigenvalue weighted by Gasteiger charge is -2.11. The fourth-order valence-electron chi connectivity index (χ4n) is 2.75. The maximum Gasteiger partial charge on any atom is 0.434 e. The van der Waals surface area contributed by atoms with Gasteiger partial charge in [0, 0.05) is 16.8 Å². The van der Waals surface area contributed by atoms with E-state index in [0.29, 0.717) is 21.0 Å². The molecule has 7 nitrogen and oxygen atoms in total. The topological polar surface area (TPSA) is 83.0 Å². The van der Waals surface area contributed by atoms with Gasteiger partial charge >= 0.3 is 12.1 Å². The van der Waals surface area contributed by atoms with E-state index in [-0.39, 0.29) is 11.7 Å². The molecule has 1 aromatic carbocycles. The molecule has 158 valence electrons. The Morgan fingerprint density at radius 3 is 2.55 bits per heavy atom. The van der Waals surface area contributed by atoms with E-state index in [2.05, 4.69) is 15.1 Å². The summed E-state index contributed by atoms with van der Waals surface area (Å²) in [6.07, 6.45) is -1.36. The fourth-order valence-corrected chi connectivity index (χ4v) is 2.88. The highest BCUT2D eigenvalue weighted by molar-refractivity contribution is 6.30. The van der Waals surface area contributed by atoms with Gasteiger partial charge in [-0.25, -0.2) is 19.4 Å². The molecule has 0 aliphatic heterocycles. The molecule has 3 aromatic heterocycles. The molecular formula is C20H12ClF3N4O3. The Balaban J connectivity index is 1.53. The molecule has 0 aliphatic carbocycles. The highest BCUT2D eigenvalue weighted by Crippen LogP contribution is 2.33. The van der Waals surface area contributed by atoms with Crippen LogP contribution < -0.4 is 0 Å². The van der Waals surface area contributed by atoms with Crippen molar-refractivity contribution in [2.75, 3.05) is 0 Å². The summed E-state index contributed by atoms with van der Waals surface area (Å²) in [6, 6.07) is 11.1. The molecule has 4 aromatic rings. The Hall–Kier alpha value is -3.66. The van der Waals surface area contributed by atoms with Crippen LogP contribution in [-0.4, -0.2) is 25.7 Å². The minimum Gasteiger partial charge on any atom is -0.452 e. The minimum absolute atomic E-state index is 0.0176. The Morgan fingerprint density at radius 1 is 1.10 bits per heavy atom. The van der Waals surface area contributed by atoms with Crippen LogP contribution in [0.25, 0.3) is 17.1 Å². The summed E-state index contributed by atoms with van der Waals surface area (Å²) in [7, 11) is 0. The number of esters is 1. The number of oxazole rings is 1. The molecule has 31 heavy (non-hydrogen) atoms. The lowest BCUT2D eigenvalue weighted by molar-refractivity contribution is -0.143. The van der Waals surface area contributed by atoms with Gasteiger partial charge in [-0.3, -0.25) is 0 Å². The lowest BCUT2D eigenvalue weighted by Crippen LogP contribution is -2.19. The first-order valence-electron chi connectivity index (χ1n) is 8.77. The van der Waals surface area contributed by atoms with E-state index in [9.17, 15) is 18.0 Å². The van der Waals surface area contributed by atoms with Gasteiger partial charge in [-0.1, -0.05) is 17.7 Å². The van der Waals surface area contributed by atoms with E-state index < -0.39 is 30.0 Å². The number of hydrogen-bond donors (Lipinski definition) is 0. The van der Waals surface area contributed by atoms with E-state index in [1.165, 1.54) is 24.5 Å². The molecule has 0 bridgehead atoms. The molecule has 0 unspecified atom stereocenters. The normalized spacial score (nSPS) is 11.5. The monoisotopic (exact) mass is 448 g/mol. The Bertz CT molecular complexity index is 1200. The third kappa shape index (κ3) is 4.43. The third-order valence-electron chi connectivity index (χ3n) is 4.13. The van der Waals surface area contributed by atoms with Gasteiger partial charge in [0.2, 0.25) is 5.89 Å². The summed E-state index contributed by atoms with van der Waals surface area (Å²) in [5, 5.41) is 4.21. The van der Waals surface area contributed by atoms with Gasteiger partial charge in [-0.05, 0) is 36.4 Å². The maximum absolute atomic E-state index is 13.6. The molecule has 0 atom stereocenters. The number of pyridine rings is 1. The average molecular weight is 449 g/mol. The summed E-state index contributed by atoms with van der Waals surface area (Å²) in [5.41, 5.74) is -1.35. The molecule has 0 saturated heterocycles. The number of carbonyl (C=O) groups is 1. The van der Waals surface area contributed by atoms with Crippen LogP contribution in [0, 0.1) is 0 Å². The van der Waals surface area contributed by atoms with Crippen LogP contribution in [0.15, 0.2) is 65.5 Å².